The second kappa shape index (κ2) is 7.85. The Balaban J connectivity index is 2.18. The van der Waals surface area contributed by atoms with Gasteiger partial charge in [-0.15, -0.1) is 0 Å². The molecule has 3 nitrogen and oxygen atoms in total. The number of methoxy groups -OCH3 is 1. The standard InChI is InChI=1S/C16H12Cl2INO2/c1-22-16-10(8-11(17)9-12(16)18)6-7-15(21)20-14-5-3-2-4-13(14)19/h2-9H,1H3,(H,20,21). The first-order valence-corrected chi connectivity index (χ1v) is 8.11. The van der Waals surface area contributed by atoms with E-state index in [4.69, 9.17) is 27.9 Å². The summed E-state index contributed by atoms with van der Waals surface area (Å²) in [7, 11) is 1.51. The van der Waals surface area contributed by atoms with E-state index in [1.54, 1.807) is 18.2 Å². The average molecular weight is 448 g/mol. The highest BCUT2D eigenvalue weighted by atomic mass is 127. The van der Waals surface area contributed by atoms with Crippen LogP contribution in [0.1, 0.15) is 5.56 Å². The van der Waals surface area contributed by atoms with Crippen molar-refractivity contribution in [3.63, 3.8) is 0 Å². The SMILES string of the molecule is COc1c(Cl)cc(Cl)cc1C=CC(=O)Nc1ccccc1I. The summed E-state index contributed by atoms with van der Waals surface area (Å²) in [6.45, 7) is 0. The fraction of sp³-hybridized carbons (Fsp3) is 0.0625. The number of benzene rings is 2. The van der Waals surface area contributed by atoms with Crippen molar-refractivity contribution in [2.45, 2.75) is 0 Å². The van der Waals surface area contributed by atoms with Gasteiger partial charge in [-0.2, -0.15) is 0 Å². The van der Waals surface area contributed by atoms with Gasteiger partial charge in [0.05, 0.1) is 17.8 Å². The van der Waals surface area contributed by atoms with Crippen molar-refractivity contribution in [2.75, 3.05) is 12.4 Å². The Morgan fingerprint density at radius 2 is 2.00 bits per heavy atom. The molecule has 0 atom stereocenters. The van der Waals surface area contributed by atoms with Gasteiger partial charge >= 0.3 is 0 Å². The van der Waals surface area contributed by atoms with Crippen molar-refractivity contribution < 1.29 is 9.53 Å². The number of hydrogen-bond donors (Lipinski definition) is 1. The second-order valence-corrected chi connectivity index (χ2v) is 6.32. The third-order valence-electron chi connectivity index (χ3n) is 2.79. The third kappa shape index (κ3) is 4.38. The maximum absolute atomic E-state index is 12.0. The molecule has 1 amide bonds. The lowest BCUT2D eigenvalue weighted by molar-refractivity contribution is -0.111. The molecule has 114 valence electrons. The number of anilines is 1. The molecule has 6 heteroatoms. The minimum atomic E-state index is -0.248. The van der Waals surface area contributed by atoms with Gasteiger partial charge in [0.25, 0.3) is 0 Å². The molecule has 0 saturated carbocycles. The van der Waals surface area contributed by atoms with Gasteiger partial charge < -0.3 is 10.1 Å². The Bertz CT molecular complexity index is 732. The van der Waals surface area contributed by atoms with E-state index in [-0.39, 0.29) is 5.91 Å². The van der Waals surface area contributed by atoms with Crippen LogP contribution >= 0.6 is 45.8 Å². The Hall–Kier alpha value is -1.24. The number of hydrogen-bond acceptors (Lipinski definition) is 2. The summed E-state index contributed by atoms with van der Waals surface area (Å²) in [5.41, 5.74) is 1.40. The number of para-hydroxylation sites is 1. The molecule has 2 rings (SSSR count). The molecule has 0 spiro atoms. The third-order valence-corrected chi connectivity index (χ3v) is 4.23. The normalized spacial score (nSPS) is 10.7. The van der Waals surface area contributed by atoms with Crippen molar-refractivity contribution >= 4 is 63.5 Å². The Labute approximate surface area is 152 Å². The van der Waals surface area contributed by atoms with E-state index in [1.165, 1.54) is 13.2 Å². The van der Waals surface area contributed by atoms with Gasteiger partial charge in [-0.3, -0.25) is 4.79 Å². The molecule has 0 bridgehead atoms. The van der Waals surface area contributed by atoms with Gasteiger partial charge in [-0.05, 0) is 52.9 Å². The van der Waals surface area contributed by atoms with E-state index in [1.807, 2.05) is 24.3 Å². The zero-order valence-electron chi connectivity index (χ0n) is 11.6. The smallest absolute Gasteiger partial charge is 0.248 e. The van der Waals surface area contributed by atoms with Crippen molar-refractivity contribution in [2.24, 2.45) is 0 Å². The number of carbonyl (C=O) groups excluding carboxylic acids is 1. The molecular formula is C16H12Cl2INO2. The van der Waals surface area contributed by atoms with E-state index in [9.17, 15) is 4.79 Å². The number of nitrogens with one attached hydrogen (secondary N) is 1. The van der Waals surface area contributed by atoms with Crippen LogP contribution in [0.25, 0.3) is 6.08 Å². The van der Waals surface area contributed by atoms with Crippen LogP contribution in [0.4, 0.5) is 5.69 Å². The van der Waals surface area contributed by atoms with Gasteiger partial charge in [-0.1, -0.05) is 35.3 Å². The molecule has 2 aromatic rings. The number of amides is 1. The largest absolute Gasteiger partial charge is 0.495 e. The monoisotopic (exact) mass is 447 g/mol. The number of halogens is 3. The zero-order chi connectivity index (χ0) is 16.1. The minimum absolute atomic E-state index is 0.248. The van der Waals surface area contributed by atoms with Gasteiger partial charge in [0.1, 0.15) is 5.75 Å². The predicted octanol–water partition coefficient (Wildman–Crippen LogP) is 5.26. The van der Waals surface area contributed by atoms with E-state index < -0.39 is 0 Å². The molecule has 0 fully saturated rings. The summed E-state index contributed by atoms with van der Waals surface area (Å²) in [6.07, 6.45) is 3.02. The first-order chi connectivity index (χ1) is 10.5. The van der Waals surface area contributed by atoms with Crippen LogP contribution in [0.15, 0.2) is 42.5 Å². The molecular weight excluding hydrogens is 436 g/mol. The van der Waals surface area contributed by atoms with Crippen molar-refractivity contribution in [1.82, 2.24) is 0 Å². The molecule has 0 aliphatic carbocycles. The van der Waals surface area contributed by atoms with E-state index in [0.29, 0.717) is 21.4 Å². The molecule has 22 heavy (non-hydrogen) atoms. The van der Waals surface area contributed by atoms with Crippen LogP contribution < -0.4 is 10.1 Å². The molecule has 0 radical (unpaired) electrons. The second-order valence-electron chi connectivity index (χ2n) is 4.31. The maximum Gasteiger partial charge on any atom is 0.248 e. The number of carbonyl (C=O) groups is 1. The molecule has 0 saturated heterocycles. The Kier molecular flexibility index (Phi) is 6.11. The summed E-state index contributed by atoms with van der Waals surface area (Å²) in [4.78, 5) is 12.0. The first kappa shape index (κ1) is 17.1. The number of ether oxygens (including phenoxy) is 1. The molecule has 0 aliphatic heterocycles. The van der Waals surface area contributed by atoms with Crippen molar-refractivity contribution in [3.05, 3.63) is 61.7 Å². The molecule has 0 unspecified atom stereocenters. The van der Waals surface area contributed by atoms with E-state index in [0.717, 1.165) is 9.26 Å². The fourth-order valence-electron chi connectivity index (χ4n) is 1.82. The van der Waals surface area contributed by atoms with Gasteiger partial charge in [0.2, 0.25) is 5.91 Å². The molecule has 0 aromatic heterocycles. The summed E-state index contributed by atoms with van der Waals surface area (Å²) in [5, 5.41) is 3.68. The zero-order valence-corrected chi connectivity index (χ0v) is 15.2. The maximum atomic E-state index is 12.0. The first-order valence-electron chi connectivity index (χ1n) is 6.28. The average Bonchev–Trinajstić information content (AvgIpc) is 2.47. The van der Waals surface area contributed by atoms with E-state index >= 15 is 0 Å². The Morgan fingerprint density at radius 1 is 1.27 bits per heavy atom. The van der Waals surface area contributed by atoms with Crippen LogP contribution in [0.5, 0.6) is 5.75 Å². The van der Waals surface area contributed by atoms with Crippen LogP contribution in [0.2, 0.25) is 10.0 Å². The van der Waals surface area contributed by atoms with Gasteiger partial charge in [0, 0.05) is 20.2 Å². The lowest BCUT2D eigenvalue weighted by Crippen LogP contribution is -2.08. The summed E-state index contributed by atoms with van der Waals surface area (Å²) >= 11 is 14.2. The quantitative estimate of drug-likeness (QED) is 0.512. The van der Waals surface area contributed by atoms with Crippen molar-refractivity contribution in [1.29, 1.82) is 0 Å². The summed E-state index contributed by atoms with van der Waals surface area (Å²) in [5.74, 6) is 0.228. The lowest BCUT2D eigenvalue weighted by Gasteiger charge is -2.08. The van der Waals surface area contributed by atoms with E-state index in [2.05, 4.69) is 27.9 Å². The molecule has 0 aliphatic rings. The predicted molar refractivity (Wildman–Crippen MR) is 99.8 cm³/mol. The highest BCUT2D eigenvalue weighted by molar-refractivity contribution is 14.1. The van der Waals surface area contributed by atoms with Crippen LogP contribution in [0.3, 0.4) is 0 Å². The lowest BCUT2D eigenvalue weighted by atomic mass is 10.2. The highest BCUT2D eigenvalue weighted by Crippen LogP contribution is 2.33. The van der Waals surface area contributed by atoms with Crippen LogP contribution in [-0.2, 0) is 4.79 Å². The van der Waals surface area contributed by atoms with Crippen molar-refractivity contribution in [3.8, 4) is 5.75 Å². The van der Waals surface area contributed by atoms with Crippen LogP contribution in [-0.4, -0.2) is 13.0 Å². The summed E-state index contributed by atoms with van der Waals surface area (Å²) in [6, 6.07) is 10.8. The molecule has 2 aromatic carbocycles. The fourth-order valence-corrected chi connectivity index (χ4v) is 2.93. The Morgan fingerprint density at radius 3 is 2.68 bits per heavy atom. The number of rotatable bonds is 4. The van der Waals surface area contributed by atoms with Gasteiger partial charge in [-0.25, -0.2) is 0 Å². The molecule has 0 heterocycles. The highest BCUT2D eigenvalue weighted by Gasteiger charge is 2.08. The minimum Gasteiger partial charge on any atom is -0.495 e. The molecule has 1 N–H and O–H groups in total. The topological polar surface area (TPSA) is 38.3 Å². The van der Waals surface area contributed by atoms with Crippen LogP contribution in [0, 0.1) is 3.57 Å². The summed E-state index contributed by atoms with van der Waals surface area (Å²) < 4.78 is 6.19. The van der Waals surface area contributed by atoms with Gasteiger partial charge in [0.15, 0.2) is 0 Å².